The summed E-state index contributed by atoms with van der Waals surface area (Å²) in [6, 6.07) is 16.7. The molecule has 0 unspecified atom stereocenters. The number of hydrogen-bond acceptors (Lipinski definition) is 5. The van der Waals surface area contributed by atoms with Gasteiger partial charge in [-0.05, 0) is 70.6 Å². The van der Waals surface area contributed by atoms with Crippen LogP contribution in [0.15, 0.2) is 59.4 Å². The molecule has 0 saturated carbocycles. The number of fused-ring (bicyclic) bond motifs is 3. The van der Waals surface area contributed by atoms with Crippen LogP contribution in [0.1, 0.15) is 11.1 Å². The van der Waals surface area contributed by atoms with Crippen LogP contribution in [-0.2, 0) is 6.61 Å². The van der Waals surface area contributed by atoms with Crippen LogP contribution in [0.2, 0.25) is 10.0 Å². The highest BCUT2D eigenvalue weighted by molar-refractivity contribution is 14.1. The summed E-state index contributed by atoms with van der Waals surface area (Å²) < 4.78 is 14.7. The second-order valence-corrected chi connectivity index (χ2v) is 10.2. The lowest BCUT2D eigenvalue weighted by Gasteiger charge is -2.14. The number of rotatable bonds is 5. The Balaban J connectivity index is 1.51. The summed E-state index contributed by atoms with van der Waals surface area (Å²) in [6.45, 7) is 0.269. The molecule has 0 fully saturated rings. The third kappa shape index (κ3) is 4.30. The van der Waals surface area contributed by atoms with Gasteiger partial charge >= 0.3 is 0 Å². The molecule has 5 rings (SSSR count). The third-order valence-electron chi connectivity index (χ3n) is 5.08. The topological polar surface area (TPSA) is 52.8 Å². The highest BCUT2D eigenvalue weighted by Crippen LogP contribution is 2.35. The Bertz CT molecular complexity index is 1630. The molecule has 0 atom stereocenters. The van der Waals surface area contributed by atoms with Crippen molar-refractivity contribution < 1.29 is 9.47 Å². The Morgan fingerprint density at radius 2 is 1.97 bits per heavy atom. The fraction of sp³-hybridized carbons (Fsp3) is 0.0833. The first kappa shape index (κ1) is 22.5. The maximum atomic E-state index is 13.1. The summed E-state index contributed by atoms with van der Waals surface area (Å²) in [4.78, 5) is 18.3. The first-order valence-corrected chi connectivity index (χ1v) is 12.5. The van der Waals surface area contributed by atoms with Gasteiger partial charge in [-0.3, -0.25) is 4.79 Å². The average molecular weight is 609 g/mol. The fourth-order valence-corrected chi connectivity index (χ4v) is 5.75. The Morgan fingerprint density at radius 3 is 2.76 bits per heavy atom. The first-order chi connectivity index (χ1) is 15.9. The number of benzene rings is 3. The van der Waals surface area contributed by atoms with Gasteiger partial charge in [0.1, 0.15) is 6.61 Å². The van der Waals surface area contributed by atoms with E-state index in [-0.39, 0.29) is 12.2 Å². The van der Waals surface area contributed by atoms with Crippen molar-refractivity contribution in [3.05, 3.63) is 94.2 Å². The van der Waals surface area contributed by atoms with Gasteiger partial charge in [-0.15, -0.1) is 0 Å². The van der Waals surface area contributed by atoms with Gasteiger partial charge in [0.05, 0.1) is 26.2 Å². The van der Waals surface area contributed by atoms with Crippen LogP contribution in [0.4, 0.5) is 0 Å². The van der Waals surface area contributed by atoms with E-state index >= 15 is 0 Å². The van der Waals surface area contributed by atoms with E-state index < -0.39 is 0 Å². The van der Waals surface area contributed by atoms with Crippen molar-refractivity contribution in [2.45, 2.75) is 6.61 Å². The lowest BCUT2D eigenvalue weighted by atomic mass is 10.2. The lowest BCUT2D eigenvalue weighted by Crippen LogP contribution is -2.22. The molecule has 166 valence electrons. The molecule has 2 heterocycles. The second kappa shape index (κ2) is 9.13. The molecule has 0 spiro atoms. The molecular weight excluding hydrogens is 594 g/mol. The van der Waals surface area contributed by atoms with Gasteiger partial charge in [0, 0.05) is 15.6 Å². The summed E-state index contributed by atoms with van der Waals surface area (Å²) in [6.07, 6.45) is 1.85. The van der Waals surface area contributed by atoms with Crippen LogP contribution in [0.5, 0.6) is 11.5 Å². The summed E-state index contributed by atoms with van der Waals surface area (Å²) in [7, 11) is 1.59. The number of methoxy groups -OCH3 is 1. The van der Waals surface area contributed by atoms with Crippen molar-refractivity contribution in [3.63, 3.8) is 0 Å². The van der Waals surface area contributed by atoms with Crippen molar-refractivity contribution in [2.75, 3.05) is 7.11 Å². The monoisotopic (exact) mass is 608 g/mol. The predicted molar refractivity (Wildman–Crippen MR) is 142 cm³/mol. The van der Waals surface area contributed by atoms with Crippen molar-refractivity contribution in [1.82, 2.24) is 9.38 Å². The summed E-state index contributed by atoms with van der Waals surface area (Å²) in [5.74, 6) is 1.17. The molecule has 9 heteroatoms. The molecule has 0 radical (unpaired) electrons. The highest BCUT2D eigenvalue weighted by Gasteiger charge is 2.14. The number of imidazole rings is 1. The molecule has 5 nitrogen and oxygen atoms in total. The van der Waals surface area contributed by atoms with Gasteiger partial charge in [0.15, 0.2) is 16.5 Å². The minimum atomic E-state index is -0.0876. The van der Waals surface area contributed by atoms with Crippen LogP contribution in [-0.4, -0.2) is 16.5 Å². The van der Waals surface area contributed by atoms with Crippen LogP contribution in [0.25, 0.3) is 22.1 Å². The number of para-hydroxylation sites is 2. The number of halogens is 3. The smallest absolute Gasteiger partial charge is 0.274 e. The molecule has 5 aromatic rings. The molecule has 0 aliphatic carbocycles. The van der Waals surface area contributed by atoms with Crippen LogP contribution >= 0.6 is 57.1 Å². The number of thiazole rings is 1. The average Bonchev–Trinajstić information content (AvgIpc) is 3.30. The minimum absolute atomic E-state index is 0.0876. The van der Waals surface area contributed by atoms with E-state index in [4.69, 9.17) is 32.7 Å². The molecule has 33 heavy (non-hydrogen) atoms. The van der Waals surface area contributed by atoms with E-state index in [1.54, 1.807) is 23.6 Å². The molecule has 0 saturated heterocycles. The normalized spacial score (nSPS) is 12.1. The van der Waals surface area contributed by atoms with Gasteiger partial charge in [-0.2, -0.15) is 0 Å². The van der Waals surface area contributed by atoms with Crippen LogP contribution in [0.3, 0.4) is 0 Å². The van der Waals surface area contributed by atoms with E-state index in [2.05, 4.69) is 27.6 Å². The van der Waals surface area contributed by atoms with E-state index in [1.165, 1.54) is 11.3 Å². The molecule has 0 N–H and O–H groups in total. The molecule has 3 aromatic carbocycles. The van der Waals surface area contributed by atoms with Crippen molar-refractivity contribution in [2.24, 2.45) is 0 Å². The molecule has 2 aromatic heterocycles. The van der Waals surface area contributed by atoms with Gasteiger partial charge in [-0.1, -0.05) is 52.7 Å². The van der Waals surface area contributed by atoms with Gasteiger partial charge in [0.25, 0.3) is 5.56 Å². The fourth-order valence-electron chi connectivity index (χ4n) is 3.52. The Kier molecular flexibility index (Phi) is 6.22. The van der Waals surface area contributed by atoms with Gasteiger partial charge in [-0.25, -0.2) is 9.38 Å². The van der Waals surface area contributed by atoms with Crippen molar-refractivity contribution in [3.8, 4) is 11.5 Å². The van der Waals surface area contributed by atoms with E-state index in [0.717, 1.165) is 25.7 Å². The number of aromatic nitrogens is 2. The molecule has 0 amide bonds. The Hall–Kier alpha value is -2.33. The number of nitrogens with zero attached hydrogens (tertiary/aromatic N) is 2. The molecule has 0 aliphatic rings. The summed E-state index contributed by atoms with van der Waals surface area (Å²) >= 11 is 15.8. The van der Waals surface area contributed by atoms with E-state index in [9.17, 15) is 4.79 Å². The zero-order valence-corrected chi connectivity index (χ0v) is 21.6. The quantitative estimate of drug-likeness (QED) is 0.231. The number of hydrogen-bond donors (Lipinski definition) is 0. The minimum Gasteiger partial charge on any atom is -0.493 e. The molecule has 0 aliphatic heterocycles. The standard InChI is InChI=1S/C24H15Cl2IN2O3S/c1-31-20-9-13(8-17(27)22(20)32-12-14-6-7-15(25)11-16(14)26)10-21-23(30)29-19-5-3-2-4-18(19)28-24(29)33-21/h2-11H,12H2,1H3. The van der Waals surface area contributed by atoms with E-state index in [0.29, 0.717) is 31.0 Å². The number of ether oxygens (including phenoxy) is 2. The maximum absolute atomic E-state index is 13.1. The van der Waals surface area contributed by atoms with Crippen LogP contribution in [0, 0.1) is 3.57 Å². The summed E-state index contributed by atoms with van der Waals surface area (Å²) in [5, 5.41) is 1.11. The second-order valence-electron chi connectivity index (χ2n) is 7.19. The summed E-state index contributed by atoms with van der Waals surface area (Å²) in [5.41, 5.74) is 3.19. The van der Waals surface area contributed by atoms with E-state index in [1.807, 2.05) is 48.5 Å². The van der Waals surface area contributed by atoms with Gasteiger partial charge in [0.2, 0.25) is 0 Å². The highest BCUT2D eigenvalue weighted by atomic mass is 127. The van der Waals surface area contributed by atoms with Crippen molar-refractivity contribution in [1.29, 1.82) is 0 Å². The van der Waals surface area contributed by atoms with Crippen LogP contribution < -0.4 is 19.6 Å². The zero-order chi connectivity index (χ0) is 23.1. The predicted octanol–water partition coefficient (Wildman–Crippen LogP) is 5.96. The first-order valence-electron chi connectivity index (χ1n) is 9.80. The largest absolute Gasteiger partial charge is 0.493 e. The maximum Gasteiger partial charge on any atom is 0.274 e. The van der Waals surface area contributed by atoms with Gasteiger partial charge < -0.3 is 9.47 Å². The Labute approximate surface area is 216 Å². The van der Waals surface area contributed by atoms with Crippen molar-refractivity contribution >= 4 is 79.2 Å². The lowest BCUT2D eigenvalue weighted by molar-refractivity contribution is 0.282. The SMILES string of the molecule is COc1cc(C=c2sc3nc4ccccc4n3c2=O)cc(I)c1OCc1ccc(Cl)cc1Cl. The third-order valence-corrected chi connectivity index (χ3v) is 7.44. The molecular formula is C24H15Cl2IN2O3S. The zero-order valence-electron chi connectivity index (χ0n) is 17.1. The Morgan fingerprint density at radius 1 is 1.15 bits per heavy atom. The molecule has 0 bridgehead atoms.